The minimum Gasteiger partial charge on any atom is -0.466 e. The zero-order valence-corrected chi connectivity index (χ0v) is 17.2. The third kappa shape index (κ3) is 5.80. The van der Waals surface area contributed by atoms with Crippen molar-refractivity contribution in [1.29, 1.82) is 0 Å². The van der Waals surface area contributed by atoms with Crippen molar-refractivity contribution >= 4 is 11.9 Å². The van der Waals surface area contributed by atoms with Gasteiger partial charge in [0.1, 0.15) is 0 Å². The maximum atomic E-state index is 12.1. The van der Waals surface area contributed by atoms with E-state index in [1.165, 1.54) is 19.8 Å². The molecule has 0 saturated carbocycles. The zero-order valence-electron chi connectivity index (χ0n) is 17.2. The number of fused-ring (bicyclic) bond motifs is 1. The second kappa shape index (κ2) is 9.36. The summed E-state index contributed by atoms with van der Waals surface area (Å²) in [5.41, 5.74) is 2.38. The van der Waals surface area contributed by atoms with Crippen molar-refractivity contribution in [2.75, 3.05) is 14.2 Å². The van der Waals surface area contributed by atoms with Gasteiger partial charge < -0.3 is 14.2 Å². The predicted octanol–water partition coefficient (Wildman–Crippen LogP) is 4.28. The molecule has 5 heteroatoms. The molecule has 0 bridgehead atoms. The monoisotopic (exact) mass is 376 g/mol. The fraction of sp³-hybridized carbons (Fsp3) is 0.636. The van der Waals surface area contributed by atoms with E-state index in [0.717, 1.165) is 25.7 Å². The lowest BCUT2D eigenvalue weighted by Gasteiger charge is -2.13. The minimum absolute atomic E-state index is 0.136. The van der Waals surface area contributed by atoms with Crippen LogP contribution in [0, 0.1) is 5.92 Å². The first-order valence-corrected chi connectivity index (χ1v) is 9.73. The largest absolute Gasteiger partial charge is 0.466 e. The van der Waals surface area contributed by atoms with Crippen molar-refractivity contribution < 1.29 is 23.8 Å². The van der Waals surface area contributed by atoms with Crippen molar-refractivity contribution in [1.82, 2.24) is 0 Å². The van der Waals surface area contributed by atoms with Crippen LogP contribution in [0.25, 0.3) is 0 Å². The highest BCUT2D eigenvalue weighted by Crippen LogP contribution is 2.43. The summed E-state index contributed by atoms with van der Waals surface area (Å²) >= 11 is 0. The Morgan fingerprint density at radius 3 is 2.37 bits per heavy atom. The highest BCUT2D eigenvalue weighted by Gasteiger charge is 2.50. The van der Waals surface area contributed by atoms with Gasteiger partial charge in [-0.25, -0.2) is 9.59 Å². The van der Waals surface area contributed by atoms with Gasteiger partial charge in [0.25, 0.3) is 0 Å². The molecule has 2 atom stereocenters. The first-order valence-electron chi connectivity index (χ1n) is 9.73. The van der Waals surface area contributed by atoms with Gasteiger partial charge >= 0.3 is 11.9 Å². The molecule has 1 saturated heterocycles. The summed E-state index contributed by atoms with van der Waals surface area (Å²) in [7, 11) is 2.83. The van der Waals surface area contributed by atoms with Crippen LogP contribution in [-0.2, 0) is 23.8 Å². The Bertz CT molecular complexity index is 656. The third-order valence-electron chi connectivity index (χ3n) is 5.56. The number of hydrogen-bond acceptors (Lipinski definition) is 5. The summed E-state index contributed by atoms with van der Waals surface area (Å²) in [6, 6.07) is 0. The lowest BCUT2D eigenvalue weighted by atomic mass is 9.92. The minimum atomic E-state index is -0.293. The Hall–Kier alpha value is -1.88. The molecule has 0 N–H and O–H groups in total. The second-order valence-corrected chi connectivity index (χ2v) is 7.80. The fourth-order valence-electron chi connectivity index (χ4n) is 3.55. The fourth-order valence-corrected chi connectivity index (χ4v) is 3.55. The second-order valence-electron chi connectivity index (χ2n) is 7.80. The van der Waals surface area contributed by atoms with Crippen molar-refractivity contribution in [3.8, 4) is 0 Å². The molecule has 1 aliphatic carbocycles. The summed E-state index contributed by atoms with van der Waals surface area (Å²) < 4.78 is 15.8. The highest BCUT2D eigenvalue weighted by atomic mass is 16.6. The van der Waals surface area contributed by atoms with Gasteiger partial charge in [0.05, 0.1) is 25.9 Å². The SMILES string of the molecule is COC(=O)C1=CCCC2(C)OC2CCC(C(=O)OC)=CC=C(C(C)C)CC1. The summed E-state index contributed by atoms with van der Waals surface area (Å²) in [6.45, 7) is 6.32. The molecule has 1 fully saturated rings. The molecule has 0 aromatic heterocycles. The maximum Gasteiger partial charge on any atom is 0.333 e. The molecule has 27 heavy (non-hydrogen) atoms. The molecule has 0 radical (unpaired) electrons. The Morgan fingerprint density at radius 1 is 1.07 bits per heavy atom. The molecule has 0 amide bonds. The summed E-state index contributed by atoms with van der Waals surface area (Å²) in [5.74, 6) is -0.240. The molecular formula is C22H32O5. The van der Waals surface area contributed by atoms with Crippen LogP contribution >= 0.6 is 0 Å². The highest BCUT2D eigenvalue weighted by molar-refractivity contribution is 5.89. The van der Waals surface area contributed by atoms with E-state index in [0.29, 0.717) is 29.9 Å². The molecule has 2 rings (SSSR count). The average Bonchev–Trinajstić information content (AvgIpc) is 3.30. The molecule has 1 heterocycles. The number of esters is 2. The molecular weight excluding hydrogens is 344 g/mol. The van der Waals surface area contributed by atoms with Crippen LogP contribution in [0.3, 0.4) is 0 Å². The first-order chi connectivity index (χ1) is 12.8. The summed E-state index contributed by atoms with van der Waals surface area (Å²) in [5, 5.41) is 0. The molecule has 2 aliphatic rings. The van der Waals surface area contributed by atoms with Gasteiger partial charge in [0.2, 0.25) is 0 Å². The molecule has 0 spiro atoms. The lowest BCUT2D eigenvalue weighted by molar-refractivity contribution is -0.137. The molecule has 2 unspecified atom stereocenters. The van der Waals surface area contributed by atoms with Crippen LogP contribution < -0.4 is 0 Å². The van der Waals surface area contributed by atoms with E-state index in [1.54, 1.807) is 0 Å². The Kier molecular flexibility index (Phi) is 7.42. The average molecular weight is 376 g/mol. The van der Waals surface area contributed by atoms with E-state index in [4.69, 9.17) is 14.2 Å². The molecule has 0 aromatic carbocycles. The quantitative estimate of drug-likeness (QED) is 0.543. The van der Waals surface area contributed by atoms with E-state index in [-0.39, 0.29) is 23.6 Å². The summed E-state index contributed by atoms with van der Waals surface area (Å²) in [4.78, 5) is 24.3. The van der Waals surface area contributed by atoms with Crippen LogP contribution in [0.2, 0.25) is 0 Å². The maximum absolute atomic E-state index is 12.1. The number of ether oxygens (including phenoxy) is 3. The van der Waals surface area contributed by atoms with Gasteiger partial charge in [-0.3, -0.25) is 0 Å². The van der Waals surface area contributed by atoms with Crippen LogP contribution in [0.15, 0.2) is 34.9 Å². The Labute approximate surface area is 162 Å². The number of methoxy groups -OCH3 is 2. The number of rotatable bonds is 3. The van der Waals surface area contributed by atoms with Gasteiger partial charge in [-0.15, -0.1) is 0 Å². The van der Waals surface area contributed by atoms with E-state index in [2.05, 4.69) is 20.8 Å². The predicted molar refractivity (Wildman–Crippen MR) is 104 cm³/mol. The van der Waals surface area contributed by atoms with Gasteiger partial charge in [-0.1, -0.05) is 37.6 Å². The van der Waals surface area contributed by atoms with E-state index < -0.39 is 0 Å². The smallest absolute Gasteiger partial charge is 0.333 e. The van der Waals surface area contributed by atoms with Crippen LogP contribution in [-0.4, -0.2) is 37.9 Å². The number of hydrogen-bond donors (Lipinski definition) is 0. The Morgan fingerprint density at radius 2 is 1.74 bits per heavy atom. The van der Waals surface area contributed by atoms with Gasteiger partial charge in [0.15, 0.2) is 0 Å². The van der Waals surface area contributed by atoms with Crippen molar-refractivity contribution in [2.24, 2.45) is 5.92 Å². The van der Waals surface area contributed by atoms with Crippen LogP contribution in [0.1, 0.15) is 59.3 Å². The number of epoxide rings is 1. The van der Waals surface area contributed by atoms with Gasteiger partial charge in [0, 0.05) is 11.1 Å². The molecule has 0 aromatic rings. The molecule has 5 nitrogen and oxygen atoms in total. The van der Waals surface area contributed by atoms with E-state index in [1.807, 2.05) is 18.2 Å². The molecule has 1 aliphatic heterocycles. The van der Waals surface area contributed by atoms with Crippen LogP contribution in [0.4, 0.5) is 0 Å². The van der Waals surface area contributed by atoms with E-state index >= 15 is 0 Å². The summed E-state index contributed by atoms with van der Waals surface area (Å²) in [6.07, 6.45) is 10.4. The van der Waals surface area contributed by atoms with Gasteiger partial charge in [-0.05, 0) is 51.4 Å². The topological polar surface area (TPSA) is 65.1 Å². The molecule has 150 valence electrons. The number of allylic oxidation sites excluding steroid dienone is 4. The van der Waals surface area contributed by atoms with Gasteiger partial charge in [-0.2, -0.15) is 0 Å². The zero-order chi connectivity index (χ0) is 20.0. The number of carbonyl (C=O) groups excluding carboxylic acids is 2. The lowest BCUT2D eigenvalue weighted by Crippen LogP contribution is -2.12. The standard InChI is InChI=1S/C22H32O5/c1-15(2)16-8-10-17(20(23)25-4)7-6-14-22(3)19(27-22)13-12-18(11-9-16)21(24)26-5/h7,9,11,15,19H,6,8,10,12-14H2,1-5H3. The van der Waals surface area contributed by atoms with E-state index in [9.17, 15) is 9.59 Å². The normalized spacial score (nSPS) is 26.7. The van der Waals surface area contributed by atoms with Crippen molar-refractivity contribution in [2.45, 2.75) is 71.0 Å². The van der Waals surface area contributed by atoms with Crippen molar-refractivity contribution in [3.63, 3.8) is 0 Å². The van der Waals surface area contributed by atoms with Crippen molar-refractivity contribution in [3.05, 3.63) is 34.9 Å². The first kappa shape index (κ1) is 21.4. The number of carbonyl (C=O) groups is 2. The third-order valence-corrected chi connectivity index (χ3v) is 5.56. The van der Waals surface area contributed by atoms with Crippen LogP contribution in [0.5, 0.6) is 0 Å². The Balaban J connectivity index is 2.31.